The Kier molecular flexibility index (Phi) is 9.73. The number of nitrogens with one attached hydrogen (secondary N) is 1. The number of aromatic amines is 1. The largest absolute Gasteiger partial charge is 0.504 e. The van der Waals surface area contributed by atoms with Gasteiger partial charge in [0.05, 0.1) is 22.0 Å². The number of aromatic nitrogens is 7. The number of tetrazole rings is 1. The molecule has 18 nitrogen and oxygen atoms in total. The van der Waals surface area contributed by atoms with Crippen LogP contribution in [0.4, 0.5) is 5.13 Å². The fourth-order valence-electron chi connectivity index (χ4n) is 5.24. The number of anilines is 1. The first-order valence-corrected chi connectivity index (χ1v) is 17.2. The predicted octanol–water partition coefficient (Wildman–Crippen LogP) is 1.60. The molecule has 3 aromatic heterocycles. The van der Waals surface area contributed by atoms with Crippen molar-refractivity contribution < 1.29 is 43.9 Å². The molecule has 0 radical (unpaired) electrons. The van der Waals surface area contributed by atoms with Crippen LogP contribution in [0, 0.1) is 5.92 Å². The second-order valence-electron chi connectivity index (χ2n) is 11.9. The van der Waals surface area contributed by atoms with Gasteiger partial charge in [0, 0.05) is 53.4 Å². The summed E-state index contributed by atoms with van der Waals surface area (Å²) in [6, 6.07) is 6.04. The lowest BCUT2D eigenvalue weighted by Crippen LogP contribution is -2.61. The number of hydrogen-bond acceptors (Lipinski definition) is 16. The van der Waals surface area contributed by atoms with Gasteiger partial charge in [-0.05, 0) is 36.8 Å². The number of carbonyl (C=O) groups excluding carboxylic acids is 3. The van der Waals surface area contributed by atoms with Gasteiger partial charge in [-0.1, -0.05) is 16.8 Å². The van der Waals surface area contributed by atoms with Gasteiger partial charge in [0.15, 0.2) is 52.8 Å². The highest BCUT2D eigenvalue weighted by Gasteiger charge is 2.54. The number of carbonyl (C=O) groups is 4. The number of nitrogens with zero attached hydrogens (tertiary/aromatic N) is 8. The van der Waals surface area contributed by atoms with Crippen molar-refractivity contribution >= 4 is 74.9 Å². The Hall–Kier alpha value is -5.47. The fraction of sp³-hybridized carbons (Fsp3) is 0.300. The van der Waals surface area contributed by atoms with Crippen LogP contribution in [0.1, 0.15) is 47.8 Å². The van der Waals surface area contributed by atoms with Crippen LogP contribution in [0.2, 0.25) is 5.02 Å². The number of phenolic OH excluding ortho intramolecular Hbond substituents is 2. The fourth-order valence-corrected chi connectivity index (χ4v) is 7.34. The van der Waals surface area contributed by atoms with Crippen molar-refractivity contribution in [1.82, 2.24) is 34.9 Å². The lowest BCUT2D eigenvalue weighted by Gasteiger charge is -2.49. The number of hydrogen-bond donors (Lipinski definition) is 5. The molecule has 1 fully saturated rings. The number of carboxylic acid groups (broad SMARTS) is 1. The van der Waals surface area contributed by atoms with Gasteiger partial charge >= 0.3 is 5.97 Å². The zero-order chi connectivity index (χ0) is 36.6. The number of rotatable bonds is 13. The molecule has 4 aromatic rings. The quantitative estimate of drug-likeness (QED) is 0.0324. The minimum atomic E-state index is -1.77. The predicted molar refractivity (Wildman–Crippen MR) is 180 cm³/mol. The Labute approximate surface area is 301 Å². The van der Waals surface area contributed by atoms with Gasteiger partial charge < -0.3 is 25.9 Å². The number of ketones is 2. The van der Waals surface area contributed by atoms with E-state index in [4.69, 9.17) is 22.2 Å². The summed E-state index contributed by atoms with van der Waals surface area (Å²) in [7, 11) is 0. The van der Waals surface area contributed by atoms with E-state index in [0.29, 0.717) is 23.6 Å². The first-order chi connectivity index (χ1) is 24.2. The van der Waals surface area contributed by atoms with Gasteiger partial charge in [0.25, 0.3) is 0 Å². The number of aromatic hydroxyl groups is 2. The Bertz CT molecular complexity index is 2100. The number of fused-ring (bicyclic) bond motifs is 1. The Balaban J connectivity index is 1.19. The highest BCUT2D eigenvalue weighted by Crippen LogP contribution is 2.47. The third-order valence-corrected chi connectivity index (χ3v) is 10.3. The van der Waals surface area contributed by atoms with Crippen molar-refractivity contribution in [1.29, 1.82) is 0 Å². The van der Waals surface area contributed by atoms with Gasteiger partial charge in [0.2, 0.25) is 23.2 Å². The maximum absolute atomic E-state index is 13.7. The smallest absolute Gasteiger partial charge is 0.350 e. The molecule has 1 aromatic carbocycles. The number of carboxylic acids is 1. The van der Waals surface area contributed by atoms with Crippen LogP contribution in [-0.4, -0.2) is 96.1 Å². The third-order valence-electron chi connectivity index (χ3n) is 8.01. The Morgan fingerprint density at radius 1 is 1.22 bits per heavy atom. The molecule has 5 heterocycles. The number of pyridine rings is 1. The van der Waals surface area contributed by atoms with E-state index in [1.165, 1.54) is 42.6 Å². The molecular weight excluding hydrogens is 728 g/mol. The number of nitrogens with two attached hydrogens (primary N) is 1. The van der Waals surface area contributed by atoms with Crippen molar-refractivity contribution in [2.45, 2.75) is 44.2 Å². The van der Waals surface area contributed by atoms with Crippen LogP contribution in [0.5, 0.6) is 11.5 Å². The monoisotopic (exact) mass is 755 g/mol. The van der Waals surface area contributed by atoms with Crippen molar-refractivity contribution in [3.63, 3.8) is 0 Å². The summed E-state index contributed by atoms with van der Waals surface area (Å²) < 4.78 is 5.87. The third kappa shape index (κ3) is 7.10. The van der Waals surface area contributed by atoms with E-state index in [9.17, 15) is 34.5 Å². The Morgan fingerprint density at radius 3 is 2.61 bits per heavy atom. The van der Waals surface area contributed by atoms with E-state index in [0.717, 1.165) is 17.1 Å². The highest BCUT2D eigenvalue weighted by molar-refractivity contribution is 8.00. The van der Waals surface area contributed by atoms with E-state index in [-0.39, 0.29) is 57.6 Å². The van der Waals surface area contributed by atoms with Crippen molar-refractivity contribution in [2.75, 3.05) is 11.5 Å². The number of oxime groups is 1. The average molecular weight is 756 g/mol. The van der Waals surface area contributed by atoms with Crippen molar-refractivity contribution in [3.05, 3.63) is 70.0 Å². The van der Waals surface area contributed by atoms with Crippen LogP contribution in [-0.2, 0) is 32.2 Å². The zero-order valence-corrected chi connectivity index (χ0v) is 29.1. The molecule has 6 rings (SSSR count). The SMILES string of the molecule is CC(C)(O/N=C(\C(=O)C[C@@H]1C(=O)N2C(c3nn[nH]n3)=C(C[n+]3ccc(CC(=O)c4ccc(O)c(O)c4Cl)cc3)CS[C@H]12)c1nsc(N)n1)C(=O)O. The average Bonchev–Trinajstić information content (AvgIpc) is 3.79. The molecule has 0 aliphatic carbocycles. The summed E-state index contributed by atoms with van der Waals surface area (Å²) in [5.41, 5.74) is 5.58. The number of aliphatic carboxylic acids is 1. The van der Waals surface area contributed by atoms with Gasteiger partial charge in [-0.15, -0.1) is 22.0 Å². The molecule has 0 spiro atoms. The van der Waals surface area contributed by atoms with Gasteiger partial charge in [-0.3, -0.25) is 19.3 Å². The first kappa shape index (κ1) is 35.4. The molecule has 2 aliphatic rings. The number of nitrogen functional groups attached to an aromatic ring is 1. The number of amides is 1. The number of phenols is 2. The Morgan fingerprint density at radius 2 is 1.96 bits per heavy atom. The standard InChI is InChI=1S/C30H27ClN10O8S2/c1-30(2,28(47)48)49-36-21(24-33-29(32)51-37-24)19(44)10-16-26(46)41-22(25-34-38-39-35-25)14(12-50-27(16)41)11-40-7-5-13(6-8-40)9-18(43)15-3-4-17(42)23(45)20(15)31/h3-8,16,27H,9-12H2,1-2H3,(H5-,32,33,34,35,36,37,38,39,42,43,44,45,47,48)/p+1/t16-,27-/m1/s1. The number of β-lactam (4-membered cyclic amide) rings is 1. The molecule has 6 N–H and O–H groups in total. The van der Waals surface area contributed by atoms with Crippen LogP contribution in [0.25, 0.3) is 5.70 Å². The second-order valence-corrected chi connectivity index (χ2v) is 14.2. The van der Waals surface area contributed by atoms with Gasteiger partial charge in [0.1, 0.15) is 0 Å². The van der Waals surface area contributed by atoms with E-state index in [1.54, 1.807) is 24.5 Å². The number of thioether (sulfide) groups is 1. The van der Waals surface area contributed by atoms with Gasteiger partial charge in [-0.25, -0.2) is 9.36 Å². The van der Waals surface area contributed by atoms with Crippen LogP contribution in [0.15, 0.2) is 47.4 Å². The molecule has 0 bridgehead atoms. The molecule has 51 heavy (non-hydrogen) atoms. The molecule has 2 atom stereocenters. The summed E-state index contributed by atoms with van der Waals surface area (Å²) in [5, 5.41) is 46.4. The van der Waals surface area contributed by atoms with E-state index < -0.39 is 40.1 Å². The molecular formula is C30H28ClN10O8S2+. The summed E-state index contributed by atoms with van der Waals surface area (Å²) in [6.45, 7) is 2.85. The van der Waals surface area contributed by atoms with Gasteiger partial charge in [-0.2, -0.15) is 14.6 Å². The highest BCUT2D eigenvalue weighted by atomic mass is 35.5. The van der Waals surface area contributed by atoms with Crippen LogP contribution >= 0.6 is 34.9 Å². The molecule has 0 unspecified atom stereocenters. The number of halogens is 1. The minimum absolute atomic E-state index is 0.0106. The van der Waals surface area contributed by atoms with Crippen molar-refractivity contribution in [3.8, 4) is 11.5 Å². The normalized spacial score (nSPS) is 17.6. The second kappa shape index (κ2) is 14.0. The van der Waals surface area contributed by atoms with E-state index >= 15 is 0 Å². The minimum Gasteiger partial charge on any atom is -0.504 e. The van der Waals surface area contributed by atoms with Crippen LogP contribution < -0.4 is 10.3 Å². The summed E-state index contributed by atoms with van der Waals surface area (Å²) in [5.74, 6) is -3.93. The summed E-state index contributed by atoms with van der Waals surface area (Å²) >= 11 is 8.32. The number of benzene rings is 1. The molecule has 2 aliphatic heterocycles. The van der Waals surface area contributed by atoms with Crippen molar-refractivity contribution in [2.24, 2.45) is 11.1 Å². The van der Waals surface area contributed by atoms with E-state index in [1.807, 2.05) is 4.57 Å². The first-order valence-electron chi connectivity index (χ1n) is 15.0. The van der Waals surface area contributed by atoms with E-state index in [2.05, 4.69) is 35.1 Å². The number of Topliss-reactive ketones (excluding diaryl/α,β-unsaturated/α-hetero) is 2. The molecule has 0 saturated carbocycles. The zero-order valence-electron chi connectivity index (χ0n) is 26.7. The maximum Gasteiger partial charge on any atom is 0.350 e. The lowest BCUT2D eigenvalue weighted by atomic mass is 9.89. The molecule has 264 valence electrons. The molecule has 1 saturated heterocycles. The lowest BCUT2D eigenvalue weighted by molar-refractivity contribution is -0.688. The molecule has 21 heteroatoms. The molecule has 1 amide bonds. The number of H-pyrrole nitrogens is 1. The van der Waals surface area contributed by atoms with Crippen LogP contribution in [0.3, 0.4) is 0 Å². The maximum atomic E-state index is 13.7. The summed E-state index contributed by atoms with van der Waals surface area (Å²) in [6.07, 6.45) is 3.23. The summed E-state index contributed by atoms with van der Waals surface area (Å²) in [4.78, 5) is 62.3. The topological polar surface area (TPSA) is 264 Å².